The highest BCUT2D eigenvalue weighted by Crippen LogP contribution is 2.28. The van der Waals surface area contributed by atoms with Gasteiger partial charge in [0.25, 0.3) is 12.3 Å². The predicted molar refractivity (Wildman–Crippen MR) is 127 cm³/mol. The Balaban J connectivity index is 1.41. The van der Waals surface area contributed by atoms with Gasteiger partial charge in [-0.15, -0.1) is 11.3 Å². The summed E-state index contributed by atoms with van der Waals surface area (Å²) in [5.74, 6) is -0.298. The second kappa shape index (κ2) is 9.33. The van der Waals surface area contributed by atoms with Crippen molar-refractivity contribution in [3.05, 3.63) is 76.8 Å². The fraction of sp³-hybridized carbons (Fsp3) is 0.240. The van der Waals surface area contributed by atoms with E-state index in [0.29, 0.717) is 27.5 Å². The first-order valence-electron chi connectivity index (χ1n) is 10.8. The number of hydrogen-bond donors (Lipinski definition) is 1. The second-order valence-electron chi connectivity index (χ2n) is 8.08. The van der Waals surface area contributed by atoms with Gasteiger partial charge < -0.3 is 0 Å². The zero-order valence-corrected chi connectivity index (χ0v) is 18.6. The monoisotopic (exact) mass is 464 g/mol. The molecule has 5 nitrogen and oxygen atoms in total. The maximum atomic E-state index is 13.1. The number of rotatable bonds is 6. The van der Waals surface area contributed by atoms with E-state index < -0.39 is 6.43 Å². The van der Waals surface area contributed by atoms with Gasteiger partial charge >= 0.3 is 0 Å². The Hall–Kier alpha value is -3.23. The molecule has 168 valence electrons. The highest BCUT2D eigenvalue weighted by molar-refractivity contribution is 7.14. The van der Waals surface area contributed by atoms with E-state index in [1.54, 1.807) is 30.3 Å². The quantitative estimate of drug-likeness (QED) is 0.372. The van der Waals surface area contributed by atoms with Gasteiger partial charge in [0.2, 0.25) is 0 Å². The second-order valence-corrected chi connectivity index (χ2v) is 8.94. The van der Waals surface area contributed by atoms with Crippen LogP contribution < -0.4 is 5.32 Å². The number of hydrogen-bond acceptors (Lipinski definition) is 5. The molecule has 0 atom stereocenters. The van der Waals surface area contributed by atoms with Crippen molar-refractivity contribution in [2.24, 2.45) is 0 Å². The minimum atomic E-state index is -2.56. The molecule has 1 N–H and O–H groups in total. The van der Waals surface area contributed by atoms with E-state index in [4.69, 9.17) is 0 Å². The highest BCUT2D eigenvalue weighted by Gasteiger charge is 2.17. The molecule has 1 aliphatic heterocycles. The number of nitrogens with zero attached hydrogens (tertiary/aromatic N) is 3. The van der Waals surface area contributed by atoms with Gasteiger partial charge in [-0.1, -0.05) is 36.4 Å². The van der Waals surface area contributed by atoms with Crippen LogP contribution in [-0.2, 0) is 6.54 Å². The summed E-state index contributed by atoms with van der Waals surface area (Å²) in [6.07, 6.45) is -0.118. The third kappa shape index (κ3) is 4.77. The molecule has 5 rings (SSSR count). The first-order chi connectivity index (χ1) is 16.1. The van der Waals surface area contributed by atoms with E-state index in [1.165, 1.54) is 36.3 Å². The van der Waals surface area contributed by atoms with Crippen LogP contribution in [0.5, 0.6) is 0 Å². The zero-order chi connectivity index (χ0) is 22.8. The van der Waals surface area contributed by atoms with Crippen LogP contribution in [0.1, 0.15) is 40.9 Å². The molecule has 1 aliphatic rings. The molecular formula is C25H22F2N4OS. The summed E-state index contributed by atoms with van der Waals surface area (Å²) in [6, 6.07) is 15.2. The molecular weight excluding hydrogens is 442 g/mol. The van der Waals surface area contributed by atoms with Crippen LogP contribution in [0.25, 0.3) is 22.2 Å². The summed E-state index contributed by atoms with van der Waals surface area (Å²) in [4.78, 5) is 24.7. The number of amides is 1. The molecule has 0 spiro atoms. The van der Waals surface area contributed by atoms with E-state index in [9.17, 15) is 13.6 Å². The Morgan fingerprint density at radius 1 is 1.06 bits per heavy atom. The average Bonchev–Trinajstić information content (AvgIpc) is 3.51. The van der Waals surface area contributed by atoms with E-state index in [0.717, 1.165) is 30.7 Å². The number of para-hydroxylation sites is 1. The summed E-state index contributed by atoms with van der Waals surface area (Å²) < 4.78 is 26.3. The van der Waals surface area contributed by atoms with Gasteiger partial charge in [-0.25, -0.2) is 18.7 Å². The molecule has 1 saturated heterocycles. The van der Waals surface area contributed by atoms with Crippen LogP contribution in [0.4, 0.5) is 13.9 Å². The third-order valence-electron chi connectivity index (χ3n) is 5.76. The number of likely N-dealkylation sites (tertiary alicyclic amines) is 1. The smallest absolute Gasteiger partial charge is 0.263 e. The molecule has 3 heterocycles. The summed E-state index contributed by atoms with van der Waals surface area (Å²) in [5, 5.41) is 6.21. The van der Waals surface area contributed by atoms with E-state index in [1.807, 2.05) is 17.5 Å². The Labute approximate surface area is 194 Å². The minimum Gasteiger partial charge on any atom is -0.298 e. The van der Waals surface area contributed by atoms with E-state index >= 15 is 0 Å². The van der Waals surface area contributed by atoms with Crippen LogP contribution in [0.2, 0.25) is 0 Å². The van der Waals surface area contributed by atoms with Crippen LogP contribution >= 0.6 is 11.3 Å². The molecule has 0 saturated carbocycles. The standard InChI is InChI=1S/C25H22F2N4OS/c26-23(27)18-7-3-6-17(13-18)21-10-9-16-5-4-8-20(22(16)29-21)24(32)30-25-28-19(15-33-25)14-31-11-1-2-12-31/h3-10,13,15,23H,1-2,11-12,14H2,(H,28,30,32). The normalized spacial score (nSPS) is 14.3. The topological polar surface area (TPSA) is 58.1 Å². The van der Waals surface area contributed by atoms with Crippen molar-refractivity contribution in [1.29, 1.82) is 0 Å². The molecule has 8 heteroatoms. The van der Waals surface area contributed by atoms with Crippen molar-refractivity contribution in [2.45, 2.75) is 25.8 Å². The fourth-order valence-corrected chi connectivity index (χ4v) is 4.79. The molecule has 2 aromatic heterocycles. The molecule has 1 amide bonds. The van der Waals surface area contributed by atoms with Crippen LogP contribution in [0.3, 0.4) is 0 Å². The van der Waals surface area contributed by atoms with Crippen molar-refractivity contribution < 1.29 is 13.6 Å². The molecule has 1 fully saturated rings. The van der Waals surface area contributed by atoms with Crippen LogP contribution in [0.15, 0.2) is 60.0 Å². The van der Waals surface area contributed by atoms with Crippen LogP contribution in [-0.4, -0.2) is 33.9 Å². The minimum absolute atomic E-state index is 0.0612. The van der Waals surface area contributed by atoms with Gasteiger partial charge in [0.05, 0.1) is 22.5 Å². The van der Waals surface area contributed by atoms with E-state index in [-0.39, 0.29) is 11.5 Å². The van der Waals surface area contributed by atoms with Gasteiger partial charge in [-0.3, -0.25) is 15.0 Å². The van der Waals surface area contributed by atoms with Crippen molar-refractivity contribution in [1.82, 2.24) is 14.9 Å². The average molecular weight is 465 g/mol. The van der Waals surface area contributed by atoms with Crippen molar-refractivity contribution in [2.75, 3.05) is 18.4 Å². The Bertz CT molecular complexity index is 1300. The number of aromatic nitrogens is 2. The third-order valence-corrected chi connectivity index (χ3v) is 6.56. The van der Waals surface area contributed by atoms with Gasteiger partial charge in [0.15, 0.2) is 5.13 Å². The van der Waals surface area contributed by atoms with Crippen molar-refractivity contribution in [3.63, 3.8) is 0 Å². The first-order valence-corrected chi connectivity index (χ1v) is 11.7. The summed E-state index contributed by atoms with van der Waals surface area (Å²) in [6.45, 7) is 2.97. The zero-order valence-electron chi connectivity index (χ0n) is 17.8. The molecule has 0 unspecified atom stereocenters. The lowest BCUT2D eigenvalue weighted by molar-refractivity contribution is 0.102. The number of carbonyl (C=O) groups excluding carboxylic acids is 1. The maximum absolute atomic E-state index is 13.1. The van der Waals surface area contributed by atoms with Gasteiger partial charge in [-0.05, 0) is 44.1 Å². The summed E-state index contributed by atoms with van der Waals surface area (Å²) in [5.41, 5.74) is 2.94. The van der Waals surface area contributed by atoms with Gasteiger partial charge in [-0.2, -0.15) is 0 Å². The molecule has 0 bridgehead atoms. The fourth-order valence-electron chi connectivity index (χ4n) is 4.10. The Kier molecular flexibility index (Phi) is 6.11. The largest absolute Gasteiger partial charge is 0.298 e. The van der Waals surface area contributed by atoms with Gasteiger partial charge in [0.1, 0.15) is 0 Å². The molecule has 4 aromatic rings. The number of halogens is 2. The number of fused-ring (bicyclic) bond motifs is 1. The number of nitrogens with one attached hydrogen (secondary N) is 1. The number of thiazole rings is 1. The predicted octanol–water partition coefficient (Wildman–Crippen LogP) is 6.14. The molecule has 33 heavy (non-hydrogen) atoms. The molecule has 2 aromatic carbocycles. The molecule has 0 aliphatic carbocycles. The van der Waals surface area contributed by atoms with Crippen molar-refractivity contribution >= 4 is 33.3 Å². The van der Waals surface area contributed by atoms with Crippen molar-refractivity contribution in [3.8, 4) is 11.3 Å². The molecule has 0 radical (unpaired) electrons. The maximum Gasteiger partial charge on any atom is 0.263 e. The first kappa shape index (κ1) is 21.6. The lowest BCUT2D eigenvalue weighted by Gasteiger charge is -2.11. The Morgan fingerprint density at radius 2 is 1.88 bits per heavy atom. The lowest BCUT2D eigenvalue weighted by Crippen LogP contribution is -2.18. The SMILES string of the molecule is O=C(Nc1nc(CN2CCCC2)cs1)c1cccc2ccc(-c3cccc(C(F)F)c3)nc12. The Morgan fingerprint density at radius 3 is 2.70 bits per heavy atom. The number of alkyl halides is 2. The summed E-state index contributed by atoms with van der Waals surface area (Å²) in [7, 11) is 0. The van der Waals surface area contributed by atoms with Gasteiger partial charge in [0, 0.05) is 28.4 Å². The van der Waals surface area contributed by atoms with E-state index in [2.05, 4.69) is 20.2 Å². The number of anilines is 1. The number of carbonyl (C=O) groups is 1. The number of benzene rings is 2. The lowest BCUT2D eigenvalue weighted by atomic mass is 10.0. The summed E-state index contributed by atoms with van der Waals surface area (Å²) >= 11 is 1.40. The highest BCUT2D eigenvalue weighted by atomic mass is 32.1. The van der Waals surface area contributed by atoms with Crippen LogP contribution in [0, 0.1) is 0 Å². The number of pyridine rings is 1.